The highest BCUT2D eigenvalue weighted by molar-refractivity contribution is 6.31. The summed E-state index contributed by atoms with van der Waals surface area (Å²) in [5, 5.41) is 8.93. The molecule has 0 aliphatic heterocycles. The van der Waals surface area contributed by atoms with Crippen LogP contribution in [0.3, 0.4) is 0 Å². The van der Waals surface area contributed by atoms with Gasteiger partial charge in [0.05, 0.1) is 5.02 Å². The normalized spacial score (nSPS) is 10.4. The summed E-state index contributed by atoms with van der Waals surface area (Å²) in [6.07, 6.45) is 0. The van der Waals surface area contributed by atoms with Crippen LogP contribution in [0.25, 0.3) is 0 Å². The zero-order valence-corrected chi connectivity index (χ0v) is 15.4. The minimum Gasteiger partial charge on any atom is -0.340 e. The largest absolute Gasteiger partial charge is 0.340 e. The lowest BCUT2D eigenvalue weighted by Crippen LogP contribution is -2.06. The van der Waals surface area contributed by atoms with Gasteiger partial charge in [0.15, 0.2) is 0 Å². The lowest BCUT2D eigenvalue weighted by Gasteiger charge is -2.11. The van der Waals surface area contributed by atoms with E-state index >= 15 is 0 Å². The number of rotatable bonds is 5. The summed E-state index contributed by atoms with van der Waals surface area (Å²) < 4.78 is 13.3. The third-order valence-electron chi connectivity index (χ3n) is 3.49. The summed E-state index contributed by atoms with van der Waals surface area (Å²) in [6.45, 7) is 3.29. The van der Waals surface area contributed by atoms with Gasteiger partial charge in [0, 0.05) is 35.7 Å². The quantitative estimate of drug-likeness (QED) is 0.574. The molecule has 3 aromatic rings. The standard InChI is InChI=1S/C19H17ClFN5O/c1-11-8-18(24-14-5-3-4-13(9-14)23-12(2)27)26-19(22-11)25-15-6-7-17(21)16(20)10-15/h3-10H,1-2H3,(H,23,27)(H2,22,24,25,26). The fraction of sp³-hybridized carbons (Fsp3) is 0.105. The number of anilines is 5. The number of hydrogen-bond acceptors (Lipinski definition) is 5. The smallest absolute Gasteiger partial charge is 0.229 e. The highest BCUT2D eigenvalue weighted by atomic mass is 35.5. The fourth-order valence-corrected chi connectivity index (χ4v) is 2.60. The van der Waals surface area contributed by atoms with Crippen LogP contribution < -0.4 is 16.0 Å². The predicted octanol–water partition coefficient (Wildman–Crippen LogP) is 5.02. The zero-order chi connectivity index (χ0) is 19.4. The van der Waals surface area contributed by atoms with E-state index in [-0.39, 0.29) is 10.9 Å². The van der Waals surface area contributed by atoms with Crippen molar-refractivity contribution in [2.24, 2.45) is 0 Å². The molecule has 0 saturated carbocycles. The van der Waals surface area contributed by atoms with Crippen LogP contribution in [0.5, 0.6) is 0 Å². The van der Waals surface area contributed by atoms with Crippen molar-refractivity contribution in [1.29, 1.82) is 0 Å². The van der Waals surface area contributed by atoms with Crippen LogP contribution in [-0.2, 0) is 4.79 Å². The van der Waals surface area contributed by atoms with Crippen molar-refractivity contribution in [2.75, 3.05) is 16.0 Å². The minimum absolute atomic E-state index is 0.0146. The Morgan fingerprint density at radius 2 is 1.74 bits per heavy atom. The minimum atomic E-state index is -0.492. The van der Waals surface area contributed by atoms with E-state index < -0.39 is 5.82 Å². The Hall–Kier alpha value is -3.19. The maximum absolute atomic E-state index is 13.3. The van der Waals surface area contributed by atoms with Crippen LogP contribution >= 0.6 is 11.6 Å². The Labute approximate surface area is 160 Å². The molecule has 0 aliphatic rings. The van der Waals surface area contributed by atoms with Gasteiger partial charge in [0.25, 0.3) is 0 Å². The molecule has 2 aromatic carbocycles. The molecule has 3 N–H and O–H groups in total. The number of hydrogen-bond donors (Lipinski definition) is 3. The molecular formula is C19H17ClFN5O. The summed E-state index contributed by atoms with van der Waals surface area (Å²) in [5.74, 6) is 0.277. The number of carbonyl (C=O) groups is 1. The van der Waals surface area contributed by atoms with Crippen LogP contribution in [0.15, 0.2) is 48.5 Å². The molecule has 1 amide bonds. The van der Waals surface area contributed by atoms with Crippen molar-refractivity contribution in [3.05, 3.63) is 65.1 Å². The maximum Gasteiger partial charge on any atom is 0.229 e. The third-order valence-corrected chi connectivity index (χ3v) is 3.77. The topological polar surface area (TPSA) is 78.9 Å². The molecule has 0 fully saturated rings. The van der Waals surface area contributed by atoms with Crippen molar-refractivity contribution in [3.8, 4) is 0 Å². The summed E-state index contributed by atoms with van der Waals surface area (Å²) in [5.41, 5.74) is 2.75. The number of carbonyl (C=O) groups excluding carboxylic acids is 1. The van der Waals surface area contributed by atoms with Gasteiger partial charge in [-0.15, -0.1) is 0 Å². The second-order valence-corrected chi connectivity index (χ2v) is 6.27. The first kappa shape index (κ1) is 18.6. The highest BCUT2D eigenvalue weighted by Crippen LogP contribution is 2.24. The molecule has 0 spiro atoms. The van der Waals surface area contributed by atoms with Crippen molar-refractivity contribution in [1.82, 2.24) is 9.97 Å². The summed E-state index contributed by atoms with van der Waals surface area (Å²) >= 11 is 5.80. The number of benzene rings is 2. The van der Waals surface area contributed by atoms with E-state index in [1.165, 1.54) is 19.1 Å². The Kier molecular flexibility index (Phi) is 5.52. The Balaban J connectivity index is 1.81. The fourth-order valence-electron chi connectivity index (χ4n) is 2.42. The number of halogens is 2. The Bertz CT molecular complexity index is 996. The number of aromatic nitrogens is 2. The van der Waals surface area contributed by atoms with Crippen LogP contribution in [-0.4, -0.2) is 15.9 Å². The molecule has 8 heteroatoms. The maximum atomic E-state index is 13.3. The van der Waals surface area contributed by atoms with Gasteiger partial charge in [-0.25, -0.2) is 9.37 Å². The van der Waals surface area contributed by atoms with Crippen LogP contribution in [0.4, 0.5) is 33.2 Å². The van der Waals surface area contributed by atoms with Gasteiger partial charge < -0.3 is 16.0 Å². The van der Waals surface area contributed by atoms with Gasteiger partial charge in [0.1, 0.15) is 11.6 Å². The van der Waals surface area contributed by atoms with Gasteiger partial charge in [-0.3, -0.25) is 4.79 Å². The summed E-state index contributed by atoms with van der Waals surface area (Å²) in [6, 6.07) is 13.3. The predicted molar refractivity (Wildman–Crippen MR) is 105 cm³/mol. The van der Waals surface area contributed by atoms with Gasteiger partial charge in [-0.1, -0.05) is 17.7 Å². The van der Waals surface area contributed by atoms with E-state index in [1.54, 1.807) is 24.3 Å². The van der Waals surface area contributed by atoms with Gasteiger partial charge in [-0.2, -0.15) is 4.98 Å². The van der Waals surface area contributed by atoms with Crippen molar-refractivity contribution >= 4 is 46.3 Å². The van der Waals surface area contributed by atoms with E-state index in [9.17, 15) is 9.18 Å². The zero-order valence-electron chi connectivity index (χ0n) is 14.7. The number of aryl methyl sites for hydroxylation is 1. The van der Waals surface area contributed by atoms with Crippen LogP contribution in [0.2, 0.25) is 5.02 Å². The average Bonchev–Trinajstić information content (AvgIpc) is 2.57. The first-order chi connectivity index (χ1) is 12.9. The molecule has 0 aliphatic carbocycles. The molecule has 27 heavy (non-hydrogen) atoms. The molecule has 0 bridgehead atoms. The van der Waals surface area contributed by atoms with Crippen molar-refractivity contribution in [3.63, 3.8) is 0 Å². The molecule has 138 valence electrons. The van der Waals surface area contributed by atoms with E-state index in [0.29, 0.717) is 23.1 Å². The monoisotopic (exact) mass is 385 g/mol. The summed E-state index contributed by atoms with van der Waals surface area (Å²) in [7, 11) is 0. The van der Waals surface area contributed by atoms with Crippen LogP contribution in [0.1, 0.15) is 12.6 Å². The SMILES string of the molecule is CC(=O)Nc1cccc(Nc2cc(C)nc(Nc3ccc(F)c(Cl)c3)n2)c1. The summed E-state index contributed by atoms with van der Waals surface area (Å²) in [4.78, 5) is 19.9. The molecule has 6 nitrogen and oxygen atoms in total. The first-order valence-corrected chi connectivity index (χ1v) is 8.49. The molecule has 0 saturated heterocycles. The Morgan fingerprint density at radius 1 is 1.00 bits per heavy atom. The number of nitrogens with one attached hydrogen (secondary N) is 3. The lowest BCUT2D eigenvalue weighted by atomic mass is 10.2. The average molecular weight is 386 g/mol. The van der Waals surface area contributed by atoms with E-state index in [2.05, 4.69) is 25.9 Å². The Morgan fingerprint density at radius 3 is 2.48 bits per heavy atom. The van der Waals surface area contributed by atoms with Gasteiger partial charge in [-0.05, 0) is 43.3 Å². The molecular weight excluding hydrogens is 369 g/mol. The molecule has 0 unspecified atom stereocenters. The van der Waals surface area contributed by atoms with E-state index in [4.69, 9.17) is 11.6 Å². The van der Waals surface area contributed by atoms with Crippen molar-refractivity contribution in [2.45, 2.75) is 13.8 Å². The van der Waals surface area contributed by atoms with Crippen LogP contribution in [0, 0.1) is 12.7 Å². The molecule has 1 aromatic heterocycles. The lowest BCUT2D eigenvalue weighted by molar-refractivity contribution is -0.114. The molecule has 1 heterocycles. The number of amides is 1. The van der Waals surface area contributed by atoms with E-state index in [0.717, 1.165) is 11.4 Å². The second-order valence-electron chi connectivity index (χ2n) is 5.86. The number of nitrogens with zero attached hydrogens (tertiary/aromatic N) is 2. The molecule has 3 rings (SSSR count). The molecule has 0 atom stereocenters. The molecule has 0 radical (unpaired) electrons. The van der Waals surface area contributed by atoms with Gasteiger partial charge >= 0.3 is 0 Å². The van der Waals surface area contributed by atoms with Crippen molar-refractivity contribution < 1.29 is 9.18 Å². The second kappa shape index (κ2) is 8.01. The van der Waals surface area contributed by atoms with Gasteiger partial charge in [0.2, 0.25) is 11.9 Å². The third kappa shape index (κ3) is 5.15. The first-order valence-electron chi connectivity index (χ1n) is 8.11. The highest BCUT2D eigenvalue weighted by Gasteiger charge is 2.06. The van der Waals surface area contributed by atoms with E-state index in [1.807, 2.05) is 19.1 Å².